The van der Waals surface area contributed by atoms with Crippen LogP contribution in [0.15, 0.2) is 65.1 Å². The quantitative estimate of drug-likeness (QED) is 0.543. The topological polar surface area (TPSA) is 115 Å². The number of hydrogen-bond acceptors (Lipinski definition) is 5. The first kappa shape index (κ1) is 22.1. The lowest BCUT2D eigenvalue weighted by molar-refractivity contribution is -0.134. The van der Waals surface area contributed by atoms with Gasteiger partial charge in [-0.3, -0.25) is 14.5 Å². The Kier molecular flexibility index (Phi) is 5.90. The van der Waals surface area contributed by atoms with E-state index in [2.05, 4.69) is 10.6 Å². The first-order valence-corrected chi connectivity index (χ1v) is 10.4. The van der Waals surface area contributed by atoms with Crippen LogP contribution >= 0.6 is 11.6 Å². The van der Waals surface area contributed by atoms with Crippen molar-refractivity contribution in [1.29, 1.82) is 5.26 Å². The molecule has 2 aromatic carbocycles. The average molecular weight is 463 g/mol. The number of benzene rings is 2. The van der Waals surface area contributed by atoms with Crippen molar-refractivity contribution in [3.05, 3.63) is 82.6 Å². The van der Waals surface area contributed by atoms with Crippen molar-refractivity contribution in [1.82, 2.24) is 15.5 Å². The number of nitrogens with zero attached hydrogens (tertiary/aromatic N) is 2. The summed E-state index contributed by atoms with van der Waals surface area (Å²) in [4.78, 5) is 38.7. The summed E-state index contributed by atoms with van der Waals surface area (Å²) in [5, 5.41) is 14.9. The van der Waals surface area contributed by atoms with Crippen molar-refractivity contribution in [3.63, 3.8) is 0 Å². The number of carbonyl (C=O) groups is 3. The molecule has 2 heterocycles. The number of rotatable bonds is 6. The van der Waals surface area contributed by atoms with Crippen LogP contribution in [-0.2, 0) is 21.7 Å². The maximum Gasteiger partial charge on any atom is 0.325 e. The van der Waals surface area contributed by atoms with Gasteiger partial charge >= 0.3 is 6.03 Å². The molecule has 1 atom stereocenters. The summed E-state index contributed by atoms with van der Waals surface area (Å²) in [7, 11) is 0. The normalized spacial score (nSPS) is 17.5. The van der Waals surface area contributed by atoms with Crippen LogP contribution in [0.1, 0.15) is 23.8 Å². The molecule has 1 aliphatic rings. The van der Waals surface area contributed by atoms with E-state index in [-0.39, 0.29) is 6.54 Å². The first-order valence-electron chi connectivity index (χ1n) is 10.1. The Morgan fingerprint density at radius 2 is 1.82 bits per heavy atom. The monoisotopic (exact) mass is 462 g/mol. The molecular formula is C24H19ClN4O4. The minimum atomic E-state index is -1.32. The van der Waals surface area contributed by atoms with E-state index < -0.39 is 29.9 Å². The lowest BCUT2D eigenvalue weighted by Gasteiger charge is -2.22. The van der Waals surface area contributed by atoms with Crippen LogP contribution in [0.2, 0.25) is 5.02 Å². The molecule has 1 unspecified atom stereocenters. The Bertz CT molecular complexity index is 1260. The van der Waals surface area contributed by atoms with Gasteiger partial charge in [-0.1, -0.05) is 23.7 Å². The van der Waals surface area contributed by atoms with Crippen LogP contribution in [0.5, 0.6) is 0 Å². The van der Waals surface area contributed by atoms with Crippen LogP contribution in [-0.4, -0.2) is 29.3 Å². The van der Waals surface area contributed by atoms with Crippen molar-refractivity contribution < 1.29 is 18.8 Å². The largest absolute Gasteiger partial charge is 0.459 e. The Labute approximate surface area is 194 Å². The van der Waals surface area contributed by atoms with Crippen molar-refractivity contribution >= 4 is 29.4 Å². The standard InChI is InChI=1S/C24H19ClN4O4/c1-24(17-6-2-15(12-26)3-7-17)22(31)29(23(32)28-24)14-21(30)27-13-19-10-11-20(33-19)16-4-8-18(25)9-5-16/h2-11H,13-14H2,1H3,(H,27,30)(H,28,32). The number of halogens is 1. The second kappa shape index (κ2) is 8.81. The van der Waals surface area contributed by atoms with Crippen LogP contribution in [0.3, 0.4) is 0 Å². The van der Waals surface area contributed by atoms with E-state index in [0.29, 0.717) is 27.7 Å². The highest BCUT2D eigenvalue weighted by Crippen LogP contribution is 2.29. The van der Waals surface area contributed by atoms with Gasteiger partial charge < -0.3 is 15.1 Å². The van der Waals surface area contributed by atoms with Crippen molar-refractivity contribution in [2.24, 2.45) is 0 Å². The molecule has 0 spiro atoms. The van der Waals surface area contributed by atoms with E-state index >= 15 is 0 Å². The summed E-state index contributed by atoms with van der Waals surface area (Å²) in [6, 6.07) is 18.4. The van der Waals surface area contributed by atoms with E-state index in [1.165, 1.54) is 0 Å². The van der Waals surface area contributed by atoms with Crippen LogP contribution in [0.4, 0.5) is 4.79 Å². The van der Waals surface area contributed by atoms with E-state index in [1.54, 1.807) is 55.5 Å². The fourth-order valence-electron chi connectivity index (χ4n) is 3.54. The molecule has 2 N–H and O–H groups in total. The molecule has 9 heteroatoms. The maximum atomic E-state index is 13.0. The molecular weight excluding hydrogens is 444 g/mol. The average Bonchev–Trinajstić information content (AvgIpc) is 3.37. The number of furan rings is 1. The van der Waals surface area contributed by atoms with Gasteiger partial charge in [-0.25, -0.2) is 4.79 Å². The molecule has 0 saturated carbocycles. The predicted octanol–water partition coefficient (Wildman–Crippen LogP) is 3.56. The number of hydrogen-bond donors (Lipinski definition) is 2. The van der Waals surface area contributed by atoms with Crippen molar-refractivity contribution in [3.8, 4) is 17.4 Å². The smallest absolute Gasteiger partial charge is 0.325 e. The van der Waals surface area contributed by atoms with Gasteiger partial charge in [-0.05, 0) is 61.0 Å². The molecule has 1 saturated heterocycles. The zero-order valence-corrected chi connectivity index (χ0v) is 18.3. The third-order valence-electron chi connectivity index (χ3n) is 5.42. The molecule has 1 fully saturated rings. The van der Waals surface area contributed by atoms with Gasteiger partial charge in [0.15, 0.2) is 0 Å². The molecule has 4 rings (SSSR count). The summed E-state index contributed by atoms with van der Waals surface area (Å²) in [5.74, 6) is 0.0959. The summed E-state index contributed by atoms with van der Waals surface area (Å²) in [5.41, 5.74) is 0.485. The van der Waals surface area contributed by atoms with Gasteiger partial charge in [0.05, 0.1) is 18.2 Å². The summed E-state index contributed by atoms with van der Waals surface area (Å²) < 4.78 is 5.74. The van der Waals surface area contributed by atoms with Gasteiger partial charge in [0, 0.05) is 10.6 Å². The second-order valence-electron chi connectivity index (χ2n) is 7.69. The third-order valence-corrected chi connectivity index (χ3v) is 5.67. The van der Waals surface area contributed by atoms with Gasteiger partial charge in [0.2, 0.25) is 5.91 Å². The highest BCUT2D eigenvalue weighted by molar-refractivity contribution is 6.30. The maximum absolute atomic E-state index is 13.0. The fourth-order valence-corrected chi connectivity index (χ4v) is 3.67. The molecule has 166 valence electrons. The lowest BCUT2D eigenvalue weighted by Crippen LogP contribution is -2.43. The minimum Gasteiger partial charge on any atom is -0.459 e. The van der Waals surface area contributed by atoms with E-state index in [9.17, 15) is 14.4 Å². The Morgan fingerprint density at radius 1 is 1.12 bits per heavy atom. The summed E-state index contributed by atoms with van der Waals surface area (Å²) >= 11 is 5.90. The van der Waals surface area contributed by atoms with E-state index in [0.717, 1.165) is 10.5 Å². The molecule has 3 aromatic rings. The zero-order valence-electron chi connectivity index (χ0n) is 17.6. The Morgan fingerprint density at radius 3 is 2.48 bits per heavy atom. The molecule has 0 bridgehead atoms. The molecule has 33 heavy (non-hydrogen) atoms. The van der Waals surface area contributed by atoms with E-state index in [4.69, 9.17) is 21.3 Å². The number of imide groups is 1. The van der Waals surface area contributed by atoms with E-state index in [1.807, 2.05) is 18.2 Å². The van der Waals surface area contributed by atoms with Crippen molar-refractivity contribution in [2.75, 3.05) is 6.54 Å². The Hall–Kier alpha value is -4.09. The number of urea groups is 1. The number of nitriles is 1. The summed E-state index contributed by atoms with van der Waals surface area (Å²) in [6.45, 7) is 1.23. The third kappa shape index (κ3) is 4.45. The molecule has 1 aromatic heterocycles. The molecule has 0 radical (unpaired) electrons. The second-order valence-corrected chi connectivity index (χ2v) is 8.12. The Balaban J connectivity index is 1.37. The number of amides is 4. The predicted molar refractivity (Wildman–Crippen MR) is 120 cm³/mol. The van der Waals surface area contributed by atoms with Crippen LogP contribution in [0, 0.1) is 11.3 Å². The van der Waals surface area contributed by atoms with Gasteiger partial charge in [-0.2, -0.15) is 5.26 Å². The summed E-state index contributed by atoms with van der Waals surface area (Å²) in [6.07, 6.45) is 0. The zero-order chi connectivity index (χ0) is 23.6. The minimum absolute atomic E-state index is 0.100. The fraction of sp³-hybridized carbons (Fsp3) is 0.167. The molecule has 8 nitrogen and oxygen atoms in total. The molecule has 4 amide bonds. The van der Waals surface area contributed by atoms with Crippen molar-refractivity contribution in [2.45, 2.75) is 19.0 Å². The highest BCUT2D eigenvalue weighted by Gasteiger charge is 2.49. The lowest BCUT2D eigenvalue weighted by atomic mass is 9.91. The highest BCUT2D eigenvalue weighted by atomic mass is 35.5. The van der Waals surface area contributed by atoms with Gasteiger partial charge in [0.25, 0.3) is 5.91 Å². The van der Waals surface area contributed by atoms with Gasteiger partial charge in [0.1, 0.15) is 23.6 Å². The SMILES string of the molecule is CC1(c2ccc(C#N)cc2)NC(=O)N(CC(=O)NCc2ccc(-c3ccc(Cl)cc3)o2)C1=O. The first-order chi connectivity index (χ1) is 15.8. The van der Waals surface area contributed by atoms with Crippen LogP contribution < -0.4 is 10.6 Å². The van der Waals surface area contributed by atoms with Gasteiger partial charge in [-0.15, -0.1) is 0 Å². The molecule has 0 aliphatic carbocycles. The number of nitrogens with one attached hydrogen (secondary N) is 2. The van der Waals surface area contributed by atoms with Crippen LogP contribution in [0.25, 0.3) is 11.3 Å². The number of carbonyl (C=O) groups excluding carboxylic acids is 3. The molecule has 1 aliphatic heterocycles.